The van der Waals surface area contributed by atoms with Crippen molar-refractivity contribution in [1.82, 2.24) is 9.88 Å². The Labute approximate surface area is 146 Å². The average Bonchev–Trinajstić information content (AvgIpc) is 2.98. The van der Waals surface area contributed by atoms with Crippen LogP contribution in [-0.4, -0.2) is 16.4 Å². The van der Waals surface area contributed by atoms with Gasteiger partial charge in [0.15, 0.2) is 0 Å². The minimum Gasteiger partial charge on any atom is -0.347 e. The van der Waals surface area contributed by atoms with Crippen LogP contribution in [0.1, 0.15) is 29.9 Å². The highest BCUT2D eigenvalue weighted by Crippen LogP contribution is 2.24. The van der Waals surface area contributed by atoms with E-state index in [1.807, 2.05) is 66.1 Å². The van der Waals surface area contributed by atoms with Crippen molar-refractivity contribution < 1.29 is 9.59 Å². The van der Waals surface area contributed by atoms with Crippen molar-refractivity contribution in [3.8, 4) is 0 Å². The highest BCUT2D eigenvalue weighted by Gasteiger charge is 2.15. The Kier molecular flexibility index (Phi) is 4.84. The summed E-state index contributed by atoms with van der Waals surface area (Å²) in [6, 6.07) is 17.3. The summed E-state index contributed by atoms with van der Waals surface area (Å²) >= 11 is 0. The number of benzene rings is 2. The molecule has 25 heavy (non-hydrogen) atoms. The van der Waals surface area contributed by atoms with E-state index in [4.69, 9.17) is 0 Å². The lowest BCUT2D eigenvalue weighted by Crippen LogP contribution is -2.25. The molecule has 0 saturated heterocycles. The average molecular weight is 335 g/mol. The molecule has 3 rings (SSSR count). The summed E-state index contributed by atoms with van der Waals surface area (Å²) in [5, 5.41) is 6.67. The zero-order chi connectivity index (χ0) is 17.8. The van der Waals surface area contributed by atoms with E-state index in [-0.39, 0.29) is 11.8 Å². The highest BCUT2D eigenvalue weighted by molar-refractivity contribution is 6.00. The molecule has 0 bridgehead atoms. The molecule has 5 heteroatoms. The van der Waals surface area contributed by atoms with Crippen LogP contribution in [0.4, 0.5) is 5.69 Å². The molecule has 128 valence electrons. The van der Waals surface area contributed by atoms with Gasteiger partial charge in [-0.3, -0.25) is 9.59 Å². The van der Waals surface area contributed by atoms with E-state index in [9.17, 15) is 9.59 Å². The van der Waals surface area contributed by atoms with Gasteiger partial charge < -0.3 is 15.2 Å². The van der Waals surface area contributed by atoms with Crippen LogP contribution in [-0.2, 0) is 17.9 Å². The smallest absolute Gasteiger partial charge is 0.268 e. The van der Waals surface area contributed by atoms with Gasteiger partial charge in [0.05, 0.1) is 0 Å². The Balaban J connectivity index is 1.86. The van der Waals surface area contributed by atoms with Crippen LogP contribution in [0, 0.1) is 0 Å². The van der Waals surface area contributed by atoms with Crippen LogP contribution >= 0.6 is 0 Å². The summed E-state index contributed by atoms with van der Waals surface area (Å²) in [4.78, 5) is 23.9. The van der Waals surface area contributed by atoms with Gasteiger partial charge in [0.1, 0.15) is 5.69 Å². The van der Waals surface area contributed by atoms with E-state index in [0.717, 1.165) is 22.2 Å². The van der Waals surface area contributed by atoms with Crippen molar-refractivity contribution in [2.24, 2.45) is 0 Å². The molecule has 0 aliphatic heterocycles. The number of nitrogens with one attached hydrogen (secondary N) is 2. The summed E-state index contributed by atoms with van der Waals surface area (Å²) in [6.07, 6.45) is 0. The Morgan fingerprint density at radius 1 is 1.04 bits per heavy atom. The quantitative estimate of drug-likeness (QED) is 0.749. The first kappa shape index (κ1) is 16.8. The molecule has 2 aromatic carbocycles. The molecule has 0 saturated carbocycles. The van der Waals surface area contributed by atoms with Crippen LogP contribution in [0.2, 0.25) is 0 Å². The van der Waals surface area contributed by atoms with Gasteiger partial charge in [-0.2, -0.15) is 0 Å². The fraction of sp³-hybridized carbons (Fsp3) is 0.200. The van der Waals surface area contributed by atoms with Crippen molar-refractivity contribution in [2.45, 2.75) is 26.9 Å². The predicted molar refractivity (Wildman–Crippen MR) is 99.5 cm³/mol. The van der Waals surface area contributed by atoms with Gasteiger partial charge in [0.2, 0.25) is 5.91 Å². The van der Waals surface area contributed by atoms with Gasteiger partial charge in [-0.1, -0.05) is 30.3 Å². The Hall–Kier alpha value is -3.08. The zero-order valence-electron chi connectivity index (χ0n) is 14.4. The highest BCUT2D eigenvalue weighted by atomic mass is 16.2. The SMILES string of the molecule is CCn1c(C(=O)NCc2ccccc2)cc2cc(NC(C)=O)ccc21. The monoisotopic (exact) mass is 335 g/mol. The molecule has 2 N–H and O–H groups in total. The normalized spacial score (nSPS) is 10.6. The topological polar surface area (TPSA) is 63.1 Å². The molecule has 5 nitrogen and oxygen atoms in total. The van der Waals surface area contributed by atoms with E-state index in [1.54, 1.807) is 0 Å². The van der Waals surface area contributed by atoms with Crippen LogP contribution in [0.25, 0.3) is 10.9 Å². The second-order valence-electron chi connectivity index (χ2n) is 5.90. The molecule has 0 radical (unpaired) electrons. The van der Waals surface area contributed by atoms with E-state index < -0.39 is 0 Å². The molecule has 0 aliphatic rings. The summed E-state index contributed by atoms with van der Waals surface area (Å²) < 4.78 is 1.98. The number of hydrogen-bond acceptors (Lipinski definition) is 2. The molecule has 1 aromatic heterocycles. The van der Waals surface area contributed by atoms with Crippen molar-refractivity contribution in [2.75, 3.05) is 5.32 Å². The number of hydrogen-bond donors (Lipinski definition) is 2. The van der Waals surface area contributed by atoms with Gasteiger partial charge in [0, 0.05) is 36.6 Å². The molecule has 0 aliphatic carbocycles. The number of anilines is 1. The second-order valence-corrected chi connectivity index (χ2v) is 5.90. The first-order chi connectivity index (χ1) is 12.1. The zero-order valence-corrected chi connectivity index (χ0v) is 14.4. The third kappa shape index (κ3) is 3.71. The van der Waals surface area contributed by atoms with E-state index in [1.165, 1.54) is 6.92 Å². The molecular formula is C20H21N3O2. The van der Waals surface area contributed by atoms with Gasteiger partial charge in [-0.05, 0) is 36.8 Å². The summed E-state index contributed by atoms with van der Waals surface area (Å²) in [5.74, 6) is -0.224. The molecule has 0 atom stereocenters. The number of aromatic nitrogens is 1. The lowest BCUT2D eigenvalue weighted by atomic mass is 10.2. The van der Waals surface area contributed by atoms with E-state index in [0.29, 0.717) is 18.8 Å². The predicted octanol–water partition coefficient (Wildman–Crippen LogP) is 3.55. The third-order valence-electron chi connectivity index (χ3n) is 4.07. The largest absolute Gasteiger partial charge is 0.347 e. The Morgan fingerprint density at radius 2 is 1.80 bits per heavy atom. The number of fused-ring (bicyclic) bond motifs is 1. The number of nitrogens with zero attached hydrogens (tertiary/aromatic N) is 1. The standard InChI is InChI=1S/C20H21N3O2/c1-3-23-18-10-9-17(22-14(2)24)11-16(18)12-19(23)20(25)21-13-15-7-5-4-6-8-15/h4-12H,3,13H2,1-2H3,(H,21,25)(H,22,24). The van der Waals surface area contributed by atoms with Crippen molar-refractivity contribution >= 4 is 28.4 Å². The fourth-order valence-corrected chi connectivity index (χ4v) is 2.95. The molecule has 1 heterocycles. The minimum atomic E-state index is -0.116. The molecule has 0 spiro atoms. The van der Waals surface area contributed by atoms with Crippen molar-refractivity contribution in [1.29, 1.82) is 0 Å². The van der Waals surface area contributed by atoms with Crippen LogP contribution in [0.3, 0.4) is 0 Å². The van der Waals surface area contributed by atoms with Crippen LogP contribution < -0.4 is 10.6 Å². The molecular weight excluding hydrogens is 314 g/mol. The maximum absolute atomic E-state index is 12.6. The minimum absolute atomic E-state index is 0.108. The molecule has 0 unspecified atom stereocenters. The van der Waals surface area contributed by atoms with E-state index >= 15 is 0 Å². The molecule has 2 amide bonds. The number of rotatable bonds is 5. The van der Waals surface area contributed by atoms with Gasteiger partial charge in [-0.25, -0.2) is 0 Å². The number of carbonyl (C=O) groups excluding carboxylic acids is 2. The molecule has 3 aromatic rings. The van der Waals surface area contributed by atoms with Crippen LogP contribution in [0.5, 0.6) is 0 Å². The maximum atomic E-state index is 12.6. The number of amides is 2. The summed E-state index contributed by atoms with van der Waals surface area (Å²) in [6.45, 7) is 4.66. The fourth-order valence-electron chi connectivity index (χ4n) is 2.95. The van der Waals surface area contributed by atoms with Gasteiger partial charge in [-0.15, -0.1) is 0 Å². The van der Waals surface area contributed by atoms with E-state index in [2.05, 4.69) is 10.6 Å². The Bertz CT molecular complexity index is 913. The number of carbonyl (C=O) groups is 2. The summed E-state index contributed by atoms with van der Waals surface area (Å²) in [7, 11) is 0. The van der Waals surface area contributed by atoms with Crippen LogP contribution in [0.15, 0.2) is 54.6 Å². The third-order valence-corrected chi connectivity index (χ3v) is 4.07. The molecule has 0 fully saturated rings. The lowest BCUT2D eigenvalue weighted by molar-refractivity contribution is -0.114. The van der Waals surface area contributed by atoms with Crippen molar-refractivity contribution in [3.63, 3.8) is 0 Å². The lowest BCUT2D eigenvalue weighted by Gasteiger charge is -2.09. The van der Waals surface area contributed by atoms with Crippen molar-refractivity contribution in [3.05, 3.63) is 65.9 Å². The number of aryl methyl sites for hydroxylation is 1. The second kappa shape index (κ2) is 7.21. The Morgan fingerprint density at radius 3 is 2.48 bits per heavy atom. The van der Waals surface area contributed by atoms with Gasteiger partial charge in [0.25, 0.3) is 5.91 Å². The summed E-state index contributed by atoms with van der Waals surface area (Å²) in [5.41, 5.74) is 3.38. The first-order valence-corrected chi connectivity index (χ1v) is 8.31. The maximum Gasteiger partial charge on any atom is 0.268 e. The van der Waals surface area contributed by atoms with Gasteiger partial charge >= 0.3 is 0 Å². The first-order valence-electron chi connectivity index (χ1n) is 8.31.